The lowest BCUT2D eigenvalue weighted by atomic mass is 10.2. The molecule has 1 aromatic heterocycles. The largest absolute Gasteiger partial charge is 0.365 e. The third-order valence-electron chi connectivity index (χ3n) is 3.01. The highest BCUT2D eigenvalue weighted by Crippen LogP contribution is 2.30. The Morgan fingerprint density at radius 2 is 2.29 bits per heavy atom. The lowest BCUT2D eigenvalue weighted by molar-refractivity contribution is 0.0994. The van der Waals surface area contributed by atoms with Gasteiger partial charge in [-0.05, 0) is 31.2 Å². The van der Waals surface area contributed by atoms with Crippen LogP contribution in [0.15, 0.2) is 12.1 Å². The predicted octanol–water partition coefficient (Wildman–Crippen LogP) is 1.27. The first kappa shape index (κ1) is 12.2. The number of nitrogens with one attached hydrogen (secondary N) is 1. The van der Waals surface area contributed by atoms with Crippen LogP contribution in [0.3, 0.4) is 0 Å². The highest BCUT2D eigenvalue weighted by molar-refractivity contribution is 7.99. The molecule has 1 saturated carbocycles. The second-order valence-electron chi connectivity index (χ2n) is 4.12. The zero-order valence-electron chi connectivity index (χ0n) is 9.72. The van der Waals surface area contributed by atoms with Crippen molar-refractivity contribution in [1.82, 2.24) is 10.2 Å². The van der Waals surface area contributed by atoms with Crippen molar-refractivity contribution >= 4 is 23.5 Å². The molecule has 2 unspecified atom stereocenters. The van der Waals surface area contributed by atoms with Crippen LogP contribution in [0.25, 0.3) is 0 Å². The predicted molar refractivity (Wildman–Crippen MR) is 69.1 cm³/mol. The average Bonchev–Trinajstić information content (AvgIpc) is 2.77. The summed E-state index contributed by atoms with van der Waals surface area (Å²) in [5.41, 5.74) is 5.30. The summed E-state index contributed by atoms with van der Waals surface area (Å²) in [6.45, 7) is 0. The fourth-order valence-corrected chi connectivity index (χ4v) is 3.04. The van der Waals surface area contributed by atoms with E-state index >= 15 is 0 Å². The van der Waals surface area contributed by atoms with E-state index in [1.807, 2.05) is 11.8 Å². The SMILES string of the molecule is CSC1CCCC1Nc1ccc(C(N)=O)nn1. The number of carbonyl (C=O) groups is 1. The van der Waals surface area contributed by atoms with Crippen LogP contribution in [0.5, 0.6) is 0 Å². The van der Waals surface area contributed by atoms with Crippen LogP contribution in [0.1, 0.15) is 29.8 Å². The molecule has 92 valence electrons. The summed E-state index contributed by atoms with van der Waals surface area (Å²) in [6, 6.07) is 3.79. The van der Waals surface area contributed by atoms with Gasteiger partial charge in [0.25, 0.3) is 5.91 Å². The fraction of sp³-hybridized carbons (Fsp3) is 0.545. The molecule has 3 N–H and O–H groups in total. The fourth-order valence-electron chi connectivity index (χ4n) is 2.10. The Kier molecular flexibility index (Phi) is 3.83. The van der Waals surface area contributed by atoms with Gasteiger partial charge in [0.2, 0.25) is 0 Å². The van der Waals surface area contributed by atoms with E-state index in [0.717, 1.165) is 6.42 Å². The van der Waals surface area contributed by atoms with Gasteiger partial charge in [0.05, 0.1) is 0 Å². The Morgan fingerprint density at radius 1 is 1.47 bits per heavy atom. The highest BCUT2D eigenvalue weighted by atomic mass is 32.2. The highest BCUT2D eigenvalue weighted by Gasteiger charge is 2.26. The van der Waals surface area contributed by atoms with Gasteiger partial charge in [-0.15, -0.1) is 10.2 Å². The molecule has 0 aromatic carbocycles. The van der Waals surface area contributed by atoms with Crippen molar-refractivity contribution in [3.8, 4) is 0 Å². The molecule has 6 heteroatoms. The third-order valence-corrected chi connectivity index (χ3v) is 4.18. The molecule has 0 spiro atoms. The first-order valence-electron chi connectivity index (χ1n) is 5.63. The number of nitrogens with zero attached hydrogens (tertiary/aromatic N) is 2. The molecular formula is C11H16N4OS. The van der Waals surface area contributed by atoms with Crippen molar-refractivity contribution in [2.24, 2.45) is 5.73 Å². The van der Waals surface area contributed by atoms with Crippen LogP contribution in [-0.2, 0) is 0 Å². The molecule has 2 atom stereocenters. The molecular weight excluding hydrogens is 236 g/mol. The summed E-state index contributed by atoms with van der Waals surface area (Å²) < 4.78 is 0. The van der Waals surface area contributed by atoms with Crippen molar-refractivity contribution in [2.45, 2.75) is 30.6 Å². The number of nitrogens with two attached hydrogens (primary N) is 1. The quantitative estimate of drug-likeness (QED) is 0.843. The molecule has 1 aliphatic carbocycles. The molecule has 1 heterocycles. The van der Waals surface area contributed by atoms with E-state index in [4.69, 9.17) is 5.73 Å². The maximum atomic E-state index is 10.9. The van der Waals surface area contributed by atoms with Gasteiger partial charge >= 0.3 is 0 Å². The number of carbonyl (C=O) groups excluding carboxylic acids is 1. The third kappa shape index (κ3) is 2.88. The van der Waals surface area contributed by atoms with Crippen LogP contribution in [0.4, 0.5) is 5.82 Å². The van der Waals surface area contributed by atoms with Crippen molar-refractivity contribution < 1.29 is 4.79 Å². The van der Waals surface area contributed by atoms with Crippen LogP contribution in [0.2, 0.25) is 0 Å². The lowest BCUT2D eigenvalue weighted by Gasteiger charge is -2.19. The van der Waals surface area contributed by atoms with Crippen molar-refractivity contribution in [1.29, 1.82) is 0 Å². The summed E-state index contributed by atoms with van der Waals surface area (Å²) in [7, 11) is 0. The van der Waals surface area contributed by atoms with Crippen molar-refractivity contribution in [2.75, 3.05) is 11.6 Å². The normalized spacial score (nSPS) is 23.6. The molecule has 17 heavy (non-hydrogen) atoms. The molecule has 0 radical (unpaired) electrons. The van der Waals surface area contributed by atoms with Gasteiger partial charge in [0.1, 0.15) is 5.82 Å². The van der Waals surface area contributed by atoms with Crippen LogP contribution >= 0.6 is 11.8 Å². The van der Waals surface area contributed by atoms with Crippen LogP contribution in [-0.4, -0.2) is 33.7 Å². The molecule has 1 aromatic rings. The van der Waals surface area contributed by atoms with E-state index in [-0.39, 0.29) is 5.69 Å². The summed E-state index contributed by atoms with van der Waals surface area (Å²) in [5, 5.41) is 11.7. The van der Waals surface area contributed by atoms with Crippen LogP contribution in [0, 0.1) is 0 Å². The monoisotopic (exact) mass is 252 g/mol. The van der Waals surface area contributed by atoms with Gasteiger partial charge in [-0.25, -0.2) is 0 Å². The number of anilines is 1. The Balaban J connectivity index is 2.01. The van der Waals surface area contributed by atoms with E-state index in [2.05, 4.69) is 21.8 Å². The number of thioether (sulfide) groups is 1. The van der Waals surface area contributed by atoms with Gasteiger partial charge in [-0.3, -0.25) is 4.79 Å². The smallest absolute Gasteiger partial charge is 0.269 e. The number of hydrogen-bond donors (Lipinski definition) is 2. The standard InChI is InChI=1S/C11H16N4OS/c1-17-9-4-2-3-7(9)13-10-6-5-8(11(12)16)14-15-10/h5-7,9H,2-4H2,1H3,(H2,12,16)(H,13,15). The van der Waals surface area contributed by atoms with Crippen molar-refractivity contribution in [3.63, 3.8) is 0 Å². The summed E-state index contributed by atoms with van der Waals surface area (Å²) in [5.74, 6) is 0.160. The molecule has 0 aliphatic heterocycles. The van der Waals surface area contributed by atoms with Gasteiger partial charge in [-0.2, -0.15) is 11.8 Å². The molecule has 0 saturated heterocycles. The lowest BCUT2D eigenvalue weighted by Crippen LogP contribution is -2.26. The van der Waals surface area contributed by atoms with E-state index in [0.29, 0.717) is 17.1 Å². The summed E-state index contributed by atoms with van der Waals surface area (Å²) in [6.07, 6.45) is 5.78. The van der Waals surface area contributed by atoms with Gasteiger partial charge in [0.15, 0.2) is 5.69 Å². The average molecular weight is 252 g/mol. The zero-order valence-corrected chi connectivity index (χ0v) is 10.5. The molecule has 1 amide bonds. The molecule has 0 bridgehead atoms. The van der Waals surface area contributed by atoms with E-state index < -0.39 is 5.91 Å². The minimum absolute atomic E-state index is 0.198. The number of aromatic nitrogens is 2. The van der Waals surface area contributed by atoms with Gasteiger partial charge < -0.3 is 11.1 Å². The second kappa shape index (κ2) is 5.35. The number of primary amides is 1. The Morgan fingerprint density at radius 3 is 2.88 bits per heavy atom. The Hall–Kier alpha value is -1.30. The molecule has 2 rings (SSSR count). The van der Waals surface area contributed by atoms with E-state index in [1.165, 1.54) is 12.8 Å². The molecule has 1 aliphatic rings. The number of rotatable bonds is 4. The van der Waals surface area contributed by atoms with Gasteiger partial charge in [0, 0.05) is 11.3 Å². The van der Waals surface area contributed by atoms with Crippen LogP contribution < -0.4 is 11.1 Å². The topological polar surface area (TPSA) is 80.9 Å². The van der Waals surface area contributed by atoms with E-state index in [1.54, 1.807) is 12.1 Å². The van der Waals surface area contributed by atoms with Crippen molar-refractivity contribution in [3.05, 3.63) is 17.8 Å². The maximum Gasteiger partial charge on any atom is 0.269 e. The molecule has 1 fully saturated rings. The summed E-state index contributed by atoms with van der Waals surface area (Å²) in [4.78, 5) is 10.9. The first-order valence-corrected chi connectivity index (χ1v) is 6.92. The maximum absolute atomic E-state index is 10.9. The zero-order chi connectivity index (χ0) is 12.3. The second-order valence-corrected chi connectivity index (χ2v) is 5.20. The number of hydrogen-bond acceptors (Lipinski definition) is 5. The van der Waals surface area contributed by atoms with Gasteiger partial charge in [-0.1, -0.05) is 6.42 Å². The van der Waals surface area contributed by atoms with E-state index in [9.17, 15) is 4.79 Å². The minimum Gasteiger partial charge on any atom is -0.365 e. The Bertz CT molecular complexity index is 395. The molecule has 5 nitrogen and oxygen atoms in total. The first-order chi connectivity index (χ1) is 8.20. The number of amides is 1. The summed E-state index contributed by atoms with van der Waals surface area (Å²) >= 11 is 1.88. The Labute approximate surface area is 105 Å². The minimum atomic E-state index is -0.549.